The molecule has 1 aromatic carbocycles. The lowest BCUT2D eigenvalue weighted by Gasteiger charge is -2.47. The number of nitrogens with zero attached hydrogens (tertiary/aromatic N) is 1. The minimum atomic E-state index is -1.89. The molecule has 2 N–H and O–H groups in total. The SMILES string of the molecule is COc1ccc2c3c([nH]c2c1)[C@H](CO[Si](C)(C)C(C)(C)C)NCC31CCN(C(=O)OC(C)(C)C)CC1. The fraction of sp³-hybridized carbons (Fsp3) is 0.679. The highest BCUT2D eigenvalue weighted by Gasteiger charge is 2.46. The van der Waals surface area contributed by atoms with E-state index in [9.17, 15) is 4.79 Å². The zero-order valence-electron chi connectivity index (χ0n) is 23.6. The van der Waals surface area contributed by atoms with Gasteiger partial charge in [-0.25, -0.2) is 4.79 Å². The number of hydrogen-bond acceptors (Lipinski definition) is 5. The molecule has 1 spiro atoms. The third kappa shape index (κ3) is 5.17. The molecule has 0 unspecified atom stereocenters. The van der Waals surface area contributed by atoms with Gasteiger partial charge < -0.3 is 29.1 Å². The quantitative estimate of drug-likeness (QED) is 0.481. The Morgan fingerprint density at radius 3 is 2.39 bits per heavy atom. The standard InChI is InChI=1S/C28H45N3O4Si/c1-26(2,3)35-25(32)31-14-12-28(13-15-31)18-29-22(17-34-36(8,9)27(4,5)6)24-23(28)20-11-10-19(33-7)16-21(20)30-24/h10-11,16,22,29-30H,12-15,17-18H2,1-9H3/t22-/m0/s1. The molecule has 7 nitrogen and oxygen atoms in total. The van der Waals surface area contributed by atoms with Crippen LogP contribution in [0.25, 0.3) is 10.9 Å². The van der Waals surface area contributed by atoms with Crippen molar-refractivity contribution in [1.29, 1.82) is 0 Å². The second-order valence-electron chi connectivity index (χ2n) is 13.1. The first-order valence-electron chi connectivity index (χ1n) is 13.2. The van der Waals surface area contributed by atoms with Crippen molar-refractivity contribution in [3.8, 4) is 5.75 Å². The zero-order chi connectivity index (χ0) is 26.5. The first-order valence-corrected chi connectivity index (χ1v) is 16.1. The average molecular weight is 516 g/mol. The van der Waals surface area contributed by atoms with Gasteiger partial charge in [-0.2, -0.15) is 0 Å². The van der Waals surface area contributed by atoms with Crippen molar-refractivity contribution in [3.63, 3.8) is 0 Å². The molecule has 1 aromatic heterocycles. The van der Waals surface area contributed by atoms with Crippen LogP contribution < -0.4 is 10.1 Å². The number of benzene rings is 1. The summed E-state index contributed by atoms with van der Waals surface area (Å²) in [5.41, 5.74) is 3.16. The number of nitrogens with one attached hydrogen (secondary N) is 2. The number of piperidine rings is 1. The number of ether oxygens (including phenoxy) is 2. The van der Waals surface area contributed by atoms with Crippen LogP contribution in [-0.4, -0.2) is 63.2 Å². The smallest absolute Gasteiger partial charge is 0.410 e. The second-order valence-corrected chi connectivity index (χ2v) is 17.9. The maximum Gasteiger partial charge on any atom is 0.410 e. The number of amides is 1. The summed E-state index contributed by atoms with van der Waals surface area (Å²) in [6, 6.07) is 6.41. The lowest BCUT2D eigenvalue weighted by atomic mass is 9.69. The van der Waals surface area contributed by atoms with Crippen LogP contribution in [0.1, 0.15) is 71.7 Å². The molecule has 36 heavy (non-hydrogen) atoms. The van der Waals surface area contributed by atoms with E-state index in [0.29, 0.717) is 19.7 Å². The Bertz CT molecular complexity index is 1100. The summed E-state index contributed by atoms with van der Waals surface area (Å²) < 4.78 is 17.8. The summed E-state index contributed by atoms with van der Waals surface area (Å²) in [6.45, 7) is 20.1. The van der Waals surface area contributed by atoms with Gasteiger partial charge in [0, 0.05) is 47.7 Å². The van der Waals surface area contributed by atoms with Gasteiger partial charge in [0.05, 0.1) is 19.8 Å². The van der Waals surface area contributed by atoms with Crippen molar-refractivity contribution in [2.75, 3.05) is 33.4 Å². The highest BCUT2D eigenvalue weighted by atomic mass is 28.4. The molecular formula is C28H45N3O4Si. The van der Waals surface area contributed by atoms with Gasteiger partial charge in [0.2, 0.25) is 0 Å². The predicted octanol–water partition coefficient (Wildman–Crippen LogP) is 6.11. The molecule has 1 saturated heterocycles. The average Bonchev–Trinajstić information content (AvgIpc) is 3.17. The van der Waals surface area contributed by atoms with E-state index in [2.05, 4.69) is 56.3 Å². The van der Waals surface area contributed by atoms with E-state index in [0.717, 1.165) is 30.7 Å². The molecule has 1 amide bonds. The van der Waals surface area contributed by atoms with Crippen LogP contribution in [0.2, 0.25) is 18.1 Å². The van der Waals surface area contributed by atoms with E-state index in [1.807, 2.05) is 31.7 Å². The molecule has 8 heteroatoms. The number of carbonyl (C=O) groups is 1. The van der Waals surface area contributed by atoms with Gasteiger partial charge in [-0.15, -0.1) is 0 Å². The van der Waals surface area contributed by atoms with Gasteiger partial charge in [0.1, 0.15) is 11.4 Å². The van der Waals surface area contributed by atoms with E-state index >= 15 is 0 Å². The summed E-state index contributed by atoms with van der Waals surface area (Å²) in [4.78, 5) is 18.3. The predicted molar refractivity (Wildman–Crippen MR) is 147 cm³/mol. The lowest BCUT2D eigenvalue weighted by Crippen LogP contribution is -2.54. The molecule has 2 aliphatic rings. The molecule has 1 fully saturated rings. The fourth-order valence-corrected chi connectivity index (χ4v) is 6.20. The van der Waals surface area contributed by atoms with Gasteiger partial charge in [-0.1, -0.05) is 20.8 Å². The summed E-state index contributed by atoms with van der Waals surface area (Å²) in [7, 11) is -0.182. The molecular weight excluding hydrogens is 470 g/mol. The van der Waals surface area contributed by atoms with E-state index in [-0.39, 0.29) is 22.6 Å². The van der Waals surface area contributed by atoms with Crippen molar-refractivity contribution < 1.29 is 18.7 Å². The van der Waals surface area contributed by atoms with Gasteiger partial charge in [0.25, 0.3) is 0 Å². The molecule has 4 rings (SSSR count). The number of methoxy groups -OCH3 is 1. The summed E-state index contributed by atoms with van der Waals surface area (Å²) in [5.74, 6) is 0.844. The van der Waals surface area contributed by atoms with Crippen LogP contribution in [0, 0.1) is 0 Å². The van der Waals surface area contributed by atoms with Crippen LogP contribution in [0.15, 0.2) is 18.2 Å². The first kappa shape index (κ1) is 27.0. The summed E-state index contributed by atoms with van der Waals surface area (Å²) in [6.07, 6.45) is 1.56. The first-order chi connectivity index (χ1) is 16.7. The van der Waals surface area contributed by atoms with E-state index in [1.165, 1.54) is 16.6 Å². The largest absolute Gasteiger partial charge is 0.497 e. The lowest BCUT2D eigenvalue weighted by molar-refractivity contribution is 0.0156. The summed E-state index contributed by atoms with van der Waals surface area (Å²) in [5, 5.41) is 5.24. The van der Waals surface area contributed by atoms with E-state index in [1.54, 1.807) is 7.11 Å². The Balaban J connectivity index is 1.64. The van der Waals surface area contributed by atoms with Crippen LogP contribution in [0.5, 0.6) is 5.75 Å². The molecule has 1 atom stereocenters. The summed E-state index contributed by atoms with van der Waals surface area (Å²) >= 11 is 0. The van der Waals surface area contributed by atoms with Crippen LogP contribution in [0.3, 0.4) is 0 Å². The Morgan fingerprint density at radius 2 is 1.81 bits per heavy atom. The third-order valence-corrected chi connectivity index (χ3v) is 12.9. The van der Waals surface area contributed by atoms with Gasteiger partial charge in [-0.3, -0.25) is 0 Å². The number of fused-ring (bicyclic) bond motifs is 4. The van der Waals surface area contributed by atoms with Crippen molar-refractivity contribution in [2.45, 2.75) is 89.6 Å². The molecule has 2 aliphatic heterocycles. The fourth-order valence-electron chi connectivity index (χ4n) is 5.19. The normalized spacial score (nSPS) is 20.5. The number of aromatic nitrogens is 1. The van der Waals surface area contributed by atoms with Gasteiger partial charge >= 0.3 is 6.09 Å². The van der Waals surface area contributed by atoms with E-state index in [4.69, 9.17) is 13.9 Å². The Hall–Kier alpha value is -2.03. The maximum atomic E-state index is 12.7. The van der Waals surface area contributed by atoms with E-state index < -0.39 is 13.9 Å². The van der Waals surface area contributed by atoms with Crippen molar-refractivity contribution in [1.82, 2.24) is 15.2 Å². The number of hydrogen-bond donors (Lipinski definition) is 2. The van der Waals surface area contributed by atoms with Crippen molar-refractivity contribution in [3.05, 3.63) is 29.5 Å². The molecule has 3 heterocycles. The monoisotopic (exact) mass is 515 g/mol. The van der Waals surface area contributed by atoms with Crippen LogP contribution in [0.4, 0.5) is 4.79 Å². The van der Waals surface area contributed by atoms with Gasteiger partial charge in [-0.05, 0) is 69.4 Å². The topological polar surface area (TPSA) is 75.8 Å². The number of carbonyl (C=O) groups excluding carboxylic acids is 1. The maximum absolute atomic E-state index is 12.7. The minimum absolute atomic E-state index is 0.0475. The Labute approximate surface area is 217 Å². The molecule has 2 aromatic rings. The molecule has 0 radical (unpaired) electrons. The highest BCUT2D eigenvalue weighted by molar-refractivity contribution is 6.74. The van der Waals surface area contributed by atoms with Crippen LogP contribution in [-0.2, 0) is 14.6 Å². The Morgan fingerprint density at radius 1 is 1.14 bits per heavy atom. The molecule has 0 bridgehead atoms. The van der Waals surface area contributed by atoms with Crippen LogP contribution >= 0.6 is 0 Å². The Kier molecular flexibility index (Phi) is 7.03. The van der Waals surface area contributed by atoms with Gasteiger partial charge in [0.15, 0.2) is 8.32 Å². The zero-order valence-corrected chi connectivity index (χ0v) is 24.6. The van der Waals surface area contributed by atoms with Crippen molar-refractivity contribution in [2.24, 2.45) is 0 Å². The third-order valence-electron chi connectivity index (χ3n) is 8.39. The molecule has 0 aliphatic carbocycles. The number of H-pyrrole nitrogens is 1. The number of rotatable bonds is 4. The second kappa shape index (κ2) is 9.37. The minimum Gasteiger partial charge on any atom is -0.497 e. The van der Waals surface area contributed by atoms with Crippen molar-refractivity contribution >= 4 is 25.3 Å². The molecule has 200 valence electrons. The number of aromatic amines is 1. The highest BCUT2D eigenvalue weighted by Crippen LogP contribution is 2.47. The molecule has 0 saturated carbocycles. The number of likely N-dealkylation sites (tertiary alicyclic amines) is 1.